The standard InChI is InChI=1S/C22H22ClF3N4O3/c23-15-7-14(8-17(9-15)33-22(24,25)26)21(31)29-6-5-16-3-4-20(30(16)12-29)32-19-11-27-18(10-28-19)13-1-2-13/h7-11,13,16,20H,1-6,12H2/t16-,20-/m0/s1. The van der Waals surface area contributed by atoms with Crippen molar-refractivity contribution < 1.29 is 27.4 Å². The van der Waals surface area contributed by atoms with E-state index in [1.54, 1.807) is 17.3 Å². The van der Waals surface area contributed by atoms with Gasteiger partial charge in [0.05, 0.1) is 24.8 Å². The Morgan fingerprint density at radius 3 is 2.58 bits per heavy atom. The summed E-state index contributed by atoms with van der Waals surface area (Å²) in [5.41, 5.74) is 1.02. The van der Waals surface area contributed by atoms with E-state index in [0.717, 1.165) is 49.9 Å². The van der Waals surface area contributed by atoms with Crippen molar-refractivity contribution in [2.75, 3.05) is 13.2 Å². The Labute approximate surface area is 193 Å². The van der Waals surface area contributed by atoms with E-state index >= 15 is 0 Å². The molecule has 2 aliphatic heterocycles. The van der Waals surface area contributed by atoms with Crippen LogP contribution >= 0.6 is 11.6 Å². The molecular formula is C22H22ClF3N4O3. The molecule has 0 spiro atoms. The predicted molar refractivity (Wildman–Crippen MR) is 112 cm³/mol. The first kappa shape index (κ1) is 22.2. The van der Waals surface area contributed by atoms with Crippen LogP contribution in [0.4, 0.5) is 13.2 Å². The first-order chi connectivity index (χ1) is 15.7. The number of carbonyl (C=O) groups is 1. The average Bonchev–Trinajstić information content (AvgIpc) is 3.54. The lowest BCUT2D eigenvalue weighted by molar-refractivity contribution is -0.274. The van der Waals surface area contributed by atoms with Gasteiger partial charge in [-0.3, -0.25) is 9.78 Å². The molecule has 3 fully saturated rings. The molecule has 1 saturated carbocycles. The van der Waals surface area contributed by atoms with E-state index in [1.165, 1.54) is 6.07 Å². The van der Waals surface area contributed by atoms with Crippen molar-refractivity contribution in [1.82, 2.24) is 19.8 Å². The van der Waals surface area contributed by atoms with Gasteiger partial charge in [-0.25, -0.2) is 9.88 Å². The van der Waals surface area contributed by atoms with Gasteiger partial charge in [-0.05, 0) is 50.3 Å². The van der Waals surface area contributed by atoms with Crippen LogP contribution in [0.25, 0.3) is 0 Å². The molecule has 2 saturated heterocycles. The van der Waals surface area contributed by atoms with Gasteiger partial charge in [0, 0.05) is 29.1 Å². The summed E-state index contributed by atoms with van der Waals surface area (Å²) < 4.78 is 47.8. The van der Waals surface area contributed by atoms with Gasteiger partial charge < -0.3 is 14.4 Å². The van der Waals surface area contributed by atoms with E-state index in [1.807, 2.05) is 0 Å². The molecule has 0 unspecified atom stereocenters. The minimum Gasteiger partial charge on any atom is -0.457 e. The van der Waals surface area contributed by atoms with Crippen molar-refractivity contribution >= 4 is 17.5 Å². The fourth-order valence-electron chi connectivity index (χ4n) is 4.46. The molecule has 3 heterocycles. The second-order valence-electron chi connectivity index (χ2n) is 8.59. The second-order valence-corrected chi connectivity index (χ2v) is 9.03. The Morgan fingerprint density at radius 1 is 1.06 bits per heavy atom. The van der Waals surface area contributed by atoms with Crippen molar-refractivity contribution in [3.05, 3.63) is 46.9 Å². The lowest BCUT2D eigenvalue weighted by Crippen LogP contribution is -2.53. The van der Waals surface area contributed by atoms with E-state index in [9.17, 15) is 18.0 Å². The molecule has 0 N–H and O–H groups in total. The predicted octanol–water partition coefficient (Wildman–Crippen LogP) is 4.58. The van der Waals surface area contributed by atoms with Crippen LogP contribution in [0.5, 0.6) is 11.6 Å². The van der Waals surface area contributed by atoms with E-state index in [0.29, 0.717) is 25.0 Å². The molecular weight excluding hydrogens is 461 g/mol. The van der Waals surface area contributed by atoms with Crippen LogP contribution < -0.4 is 9.47 Å². The number of nitrogens with zero attached hydrogens (tertiary/aromatic N) is 4. The third kappa shape index (κ3) is 5.16. The van der Waals surface area contributed by atoms with Crippen LogP contribution in [0.15, 0.2) is 30.6 Å². The summed E-state index contributed by atoms with van der Waals surface area (Å²) in [5, 5.41) is -0.00872. The highest BCUT2D eigenvalue weighted by atomic mass is 35.5. The monoisotopic (exact) mass is 482 g/mol. The lowest BCUT2D eigenvalue weighted by Gasteiger charge is -2.40. The van der Waals surface area contributed by atoms with Crippen LogP contribution in [0.1, 0.15) is 54.1 Å². The summed E-state index contributed by atoms with van der Waals surface area (Å²) in [6.45, 7) is 0.786. The van der Waals surface area contributed by atoms with Gasteiger partial charge >= 0.3 is 6.36 Å². The zero-order valence-corrected chi connectivity index (χ0v) is 18.3. The summed E-state index contributed by atoms with van der Waals surface area (Å²) in [4.78, 5) is 25.6. The second kappa shape index (κ2) is 8.64. The number of halogens is 4. The summed E-state index contributed by atoms with van der Waals surface area (Å²) in [6.07, 6.45) is 3.03. The maximum Gasteiger partial charge on any atom is 0.573 e. The Hall–Kier alpha value is -2.59. The number of carbonyl (C=O) groups excluding carboxylic acids is 1. The Bertz CT molecular complexity index is 1030. The van der Waals surface area contributed by atoms with E-state index < -0.39 is 18.0 Å². The maximum atomic E-state index is 13.1. The molecule has 2 aromatic rings. The van der Waals surface area contributed by atoms with Crippen molar-refractivity contribution in [2.45, 2.75) is 56.7 Å². The number of fused-ring (bicyclic) bond motifs is 1. The number of benzene rings is 1. The van der Waals surface area contributed by atoms with Crippen molar-refractivity contribution in [3.8, 4) is 11.6 Å². The number of ether oxygens (including phenoxy) is 2. The zero-order chi connectivity index (χ0) is 23.2. The molecule has 1 aromatic heterocycles. The van der Waals surface area contributed by atoms with Gasteiger partial charge in [-0.15, -0.1) is 13.2 Å². The quantitative estimate of drug-likeness (QED) is 0.621. The maximum absolute atomic E-state index is 13.1. The molecule has 33 heavy (non-hydrogen) atoms. The molecule has 5 rings (SSSR count). The number of hydrogen-bond donors (Lipinski definition) is 0. The molecule has 1 amide bonds. The highest BCUT2D eigenvalue weighted by Gasteiger charge is 2.40. The first-order valence-corrected chi connectivity index (χ1v) is 11.2. The van der Waals surface area contributed by atoms with Crippen molar-refractivity contribution in [1.29, 1.82) is 0 Å². The van der Waals surface area contributed by atoms with Gasteiger partial charge in [0.15, 0.2) is 6.23 Å². The fourth-order valence-corrected chi connectivity index (χ4v) is 4.69. The minimum atomic E-state index is -4.87. The van der Waals surface area contributed by atoms with Crippen molar-refractivity contribution in [2.24, 2.45) is 0 Å². The first-order valence-electron chi connectivity index (χ1n) is 10.8. The number of aromatic nitrogens is 2. The molecule has 3 aliphatic rings. The average molecular weight is 483 g/mol. The summed E-state index contributed by atoms with van der Waals surface area (Å²) in [7, 11) is 0. The third-order valence-electron chi connectivity index (χ3n) is 6.19. The molecule has 0 bridgehead atoms. The van der Waals surface area contributed by atoms with Crippen LogP contribution in [0.2, 0.25) is 5.02 Å². The molecule has 0 radical (unpaired) electrons. The molecule has 1 aromatic carbocycles. The Balaban J connectivity index is 1.27. The van der Waals surface area contributed by atoms with Crippen LogP contribution in [0, 0.1) is 0 Å². The molecule has 1 aliphatic carbocycles. The SMILES string of the molecule is O=C(c1cc(Cl)cc(OC(F)(F)F)c1)N1CC[C@@H]2CC[C@H](Oc3cnc(C4CC4)cn3)N2C1. The van der Waals surface area contributed by atoms with Gasteiger partial charge in [0.25, 0.3) is 5.91 Å². The fraction of sp³-hybridized carbons (Fsp3) is 0.500. The number of rotatable bonds is 5. The van der Waals surface area contributed by atoms with Gasteiger partial charge in [0.1, 0.15) is 5.75 Å². The molecule has 2 atom stereocenters. The zero-order valence-electron chi connectivity index (χ0n) is 17.6. The van der Waals surface area contributed by atoms with Gasteiger partial charge in [0.2, 0.25) is 5.88 Å². The van der Waals surface area contributed by atoms with E-state index in [4.69, 9.17) is 16.3 Å². The Kier molecular flexibility index (Phi) is 5.82. The van der Waals surface area contributed by atoms with Crippen LogP contribution in [-0.4, -0.2) is 57.5 Å². The van der Waals surface area contributed by atoms with Gasteiger partial charge in [-0.2, -0.15) is 0 Å². The summed E-state index contributed by atoms with van der Waals surface area (Å²) in [5.74, 6) is 0.0148. The topological polar surface area (TPSA) is 67.8 Å². The van der Waals surface area contributed by atoms with E-state index in [-0.39, 0.29) is 22.9 Å². The molecule has 7 nitrogen and oxygen atoms in total. The highest BCUT2D eigenvalue weighted by molar-refractivity contribution is 6.31. The van der Waals surface area contributed by atoms with Crippen molar-refractivity contribution in [3.63, 3.8) is 0 Å². The van der Waals surface area contributed by atoms with Crippen LogP contribution in [-0.2, 0) is 0 Å². The Morgan fingerprint density at radius 2 is 1.88 bits per heavy atom. The summed E-state index contributed by atoms with van der Waals surface area (Å²) >= 11 is 5.94. The number of alkyl halides is 3. The molecule has 11 heteroatoms. The van der Waals surface area contributed by atoms with Gasteiger partial charge in [-0.1, -0.05) is 11.6 Å². The number of amides is 1. The molecule has 176 valence electrons. The largest absolute Gasteiger partial charge is 0.573 e. The van der Waals surface area contributed by atoms with E-state index in [2.05, 4.69) is 19.6 Å². The normalized spacial score (nSPS) is 23.3. The van der Waals surface area contributed by atoms with Crippen LogP contribution in [0.3, 0.4) is 0 Å². The third-order valence-corrected chi connectivity index (χ3v) is 6.41. The number of hydrogen-bond acceptors (Lipinski definition) is 6. The highest BCUT2D eigenvalue weighted by Crippen LogP contribution is 2.39. The smallest absolute Gasteiger partial charge is 0.457 e. The minimum absolute atomic E-state index is 0.00872. The summed E-state index contributed by atoms with van der Waals surface area (Å²) in [6, 6.07) is 3.69. The lowest BCUT2D eigenvalue weighted by atomic mass is 10.1.